The normalized spacial score (nSPS) is 9.85. The Morgan fingerprint density at radius 1 is 1.31 bits per heavy atom. The number of thiophene rings is 1. The molecule has 13 heavy (non-hydrogen) atoms. The predicted molar refractivity (Wildman–Crippen MR) is 52.0 cm³/mol. The fraction of sp³-hybridized carbons (Fsp3) is 0. The number of hydrogen-bond donors (Lipinski definition) is 0. The second-order valence-corrected chi connectivity index (χ2v) is 3.36. The predicted octanol–water partition coefficient (Wildman–Crippen LogP) is 2.37. The zero-order chi connectivity index (χ0) is 9.10. The van der Waals surface area contributed by atoms with E-state index in [1.54, 1.807) is 24.5 Å². The molecule has 3 heteroatoms. The minimum atomic E-state index is 0.0364. The van der Waals surface area contributed by atoms with Gasteiger partial charge in [-0.15, -0.1) is 0 Å². The van der Waals surface area contributed by atoms with Crippen LogP contribution in [0.4, 0.5) is 0 Å². The molecule has 0 atom stereocenters. The maximum absolute atomic E-state index is 11.7. The fourth-order valence-corrected chi connectivity index (χ4v) is 1.69. The largest absolute Gasteiger partial charge is 0.289 e. The SMILES string of the molecule is O=C(c1cccnc1)c1ccsc1. The Morgan fingerprint density at radius 2 is 2.23 bits per heavy atom. The lowest BCUT2D eigenvalue weighted by Gasteiger charge is -1.95. The Balaban J connectivity index is 2.34. The van der Waals surface area contributed by atoms with Crippen molar-refractivity contribution in [3.05, 3.63) is 52.5 Å². The summed E-state index contributed by atoms with van der Waals surface area (Å²) >= 11 is 1.52. The van der Waals surface area contributed by atoms with Crippen LogP contribution >= 0.6 is 11.3 Å². The average molecular weight is 189 g/mol. The molecule has 2 aromatic rings. The van der Waals surface area contributed by atoms with Crippen LogP contribution in [0.2, 0.25) is 0 Å². The Bertz CT molecular complexity index is 394. The van der Waals surface area contributed by atoms with E-state index in [1.165, 1.54) is 11.3 Å². The van der Waals surface area contributed by atoms with E-state index in [0.29, 0.717) is 5.56 Å². The molecule has 0 fully saturated rings. The maximum atomic E-state index is 11.7. The monoisotopic (exact) mass is 189 g/mol. The molecule has 0 amide bonds. The first-order valence-corrected chi connectivity index (χ1v) is 4.79. The lowest BCUT2D eigenvalue weighted by molar-refractivity contribution is 0.103. The van der Waals surface area contributed by atoms with Crippen molar-refractivity contribution in [3.8, 4) is 0 Å². The smallest absolute Gasteiger partial charge is 0.195 e. The van der Waals surface area contributed by atoms with E-state index in [-0.39, 0.29) is 5.78 Å². The van der Waals surface area contributed by atoms with E-state index in [4.69, 9.17) is 0 Å². The van der Waals surface area contributed by atoms with Gasteiger partial charge < -0.3 is 0 Å². The molecule has 0 aromatic carbocycles. The highest BCUT2D eigenvalue weighted by molar-refractivity contribution is 7.08. The van der Waals surface area contributed by atoms with Crippen molar-refractivity contribution in [3.63, 3.8) is 0 Å². The maximum Gasteiger partial charge on any atom is 0.195 e. The van der Waals surface area contributed by atoms with Crippen molar-refractivity contribution in [2.75, 3.05) is 0 Å². The van der Waals surface area contributed by atoms with Gasteiger partial charge in [-0.1, -0.05) is 0 Å². The number of carbonyl (C=O) groups is 1. The van der Waals surface area contributed by atoms with E-state index in [2.05, 4.69) is 4.98 Å². The van der Waals surface area contributed by atoms with Crippen molar-refractivity contribution in [2.45, 2.75) is 0 Å². The third kappa shape index (κ3) is 1.65. The molecule has 2 heterocycles. The van der Waals surface area contributed by atoms with Crippen molar-refractivity contribution in [1.82, 2.24) is 4.98 Å². The van der Waals surface area contributed by atoms with E-state index < -0.39 is 0 Å². The molecule has 0 aliphatic rings. The molecule has 0 aliphatic heterocycles. The van der Waals surface area contributed by atoms with Crippen molar-refractivity contribution < 1.29 is 4.79 Å². The first-order valence-electron chi connectivity index (χ1n) is 3.85. The minimum Gasteiger partial charge on any atom is -0.289 e. The summed E-state index contributed by atoms with van der Waals surface area (Å²) in [5.41, 5.74) is 1.37. The van der Waals surface area contributed by atoms with Crippen LogP contribution in [0, 0.1) is 0 Å². The van der Waals surface area contributed by atoms with Crippen LogP contribution in [0.25, 0.3) is 0 Å². The fourth-order valence-electron chi connectivity index (χ4n) is 1.06. The number of carbonyl (C=O) groups excluding carboxylic acids is 1. The van der Waals surface area contributed by atoms with Gasteiger partial charge in [-0.05, 0) is 23.6 Å². The van der Waals surface area contributed by atoms with Gasteiger partial charge in [0.25, 0.3) is 0 Å². The highest BCUT2D eigenvalue weighted by Gasteiger charge is 2.07. The van der Waals surface area contributed by atoms with E-state index in [9.17, 15) is 4.79 Å². The molecule has 2 rings (SSSR count). The number of ketones is 1. The second kappa shape index (κ2) is 3.49. The molecule has 2 aromatic heterocycles. The molecule has 0 N–H and O–H groups in total. The first kappa shape index (κ1) is 8.13. The summed E-state index contributed by atoms with van der Waals surface area (Å²) in [5, 5.41) is 3.74. The second-order valence-electron chi connectivity index (χ2n) is 2.58. The highest BCUT2D eigenvalue weighted by Crippen LogP contribution is 2.11. The van der Waals surface area contributed by atoms with Gasteiger partial charge in [0.15, 0.2) is 5.78 Å². The lowest BCUT2D eigenvalue weighted by Crippen LogP contribution is -1.99. The summed E-state index contributed by atoms with van der Waals surface area (Å²) in [6.07, 6.45) is 3.24. The number of aromatic nitrogens is 1. The molecule has 0 aliphatic carbocycles. The summed E-state index contributed by atoms with van der Waals surface area (Å²) in [6, 6.07) is 5.35. The van der Waals surface area contributed by atoms with E-state index in [1.807, 2.05) is 16.8 Å². The zero-order valence-corrected chi connectivity index (χ0v) is 7.62. The van der Waals surface area contributed by atoms with E-state index >= 15 is 0 Å². The summed E-state index contributed by atoms with van der Waals surface area (Å²) in [5.74, 6) is 0.0364. The molecular weight excluding hydrogens is 182 g/mol. The highest BCUT2D eigenvalue weighted by atomic mass is 32.1. The van der Waals surface area contributed by atoms with Crippen molar-refractivity contribution >= 4 is 17.1 Å². The molecule has 0 saturated heterocycles. The van der Waals surface area contributed by atoms with Crippen LogP contribution in [0.15, 0.2) is 41.4 Å². The standard InChI is InChI=1S/C10H7NOS/c12-10(9-3-5-13-7-9)8-2-1-4-11-6-8/h1-7H. The van der Waals surface area contributed by atoms with Crippen LogP contribution < -0.4 is 0 Å². The van der Waals surface area contributed by atoms with Crippen molar-refractivity contribution in [2.24, 2.45) is 0 Å². The van der Waals surface area contributed by atoms with E-state index in [0.717, 1.165) is 5.56 Å². The summed E-state index contributed by atoms with van der Waals surface area (Å²) < 4.78 is 0. The third-order valence-electron chi connectivity index (χ3n) is 1.71. The molecule has 2 nitrogen and oxygen atoms in total. The van der Waals surface area contributed by atoms with Gasteiger partial charge in [0.2, 0.25) is 0 Å². The van der Waals surface area contributed by atoms with Gasteiger partial charge in [-0.25, -0.2) is 0 Å². The number of rotatable bonds is 2. The average Bonchev–Trinajstić information content (AvgIpc) is 2.71. The number of pyridine rings is 1. The molecule has 0 unspecified atom stereocenters. The Labute approximate surface area is 79.9 Å². The Morgan fingerprint density at radius 3 is 2.85 bits per heavy atom. The lowest BCUT2D eigenvalue weighted by atomic mass is 10.1. The summed E-state index contributed by atoms with van der Waals surface area (Å²) in [6.45, 7) is 0. The third-order valence-corrected chi connectivity index (χ3v) is 2.39. The van der Waals surface area contributed by atoms with Crippen LogP contribution in [0.1, 0.15) is 15.9 Å². The number of hydrogen-bond acceptors (Lipinski definition) is 3. The zero-order valence-electron chi connectivity index (χ0n) is 6.81. The van der Waals surface area contributed by atoms with Crippen LogP contribution in [-0.4, -0.2) is 10.8 Å². The van der Waals surface area contributed by atoms with Gasteiger partial charge >= 0.3 is 0 Å². The van der Waals surface area contributed by atoms with Gasteiger partial charge in [-0.2, -0.15) is 11.3 Å². The topological polar surface area (TPSA) is 30.0 Å². The molecule has 0 spiro atoms. The first-order chi connectivity index (χ1) is 6.38. The van der Waals surface area contributed by atoms with Crippen LogP contribution in [0.5, 0.6) is 0 Å². The van der Waals surface area contributed by atoms with Crippen LogP contribution in [0.3, 0.4) is 0 Å². The molecule has 64 valence electrons. The van der Waals surface area contributed by atoms with Gasteiger partial charge in [-0.3, -0.25) is 9.78 Å². The molecule has 0 bridgehead atoms. The summed E-state index contributed by atoms with van der Waals surface area (Å²) in [4.78, 5) is 15.6. The van der Waals surface area contributed by atoms with Crippen molar-refractivity contribution in [1.29, 1.82) is 0 Å². The Kier molecular flexibility index (Phi) is 2.19. The van der Waals surface area contributed by atoms with Crippen LogP contribution in [-0.2, 0) is 0 Å². The van der Waals surface area contributed by atoms with Gasteiger partial charge in [0, 0.05) is 28.9 Å². The number of nitrogens with zero attached hydrogens (tertiary/aromatic N) is 1. The Hall–Kier alpha value is -1.48. The minimum absolute atomic E-state index is 0.0364. The van der Waals surface area contributed by atoms with Gasteiger partial charge in [0.1, 0.15) is 0 Å². The van der Waals surface area contributed by atoms with Gasteiger partial charge in [0.05, 0.1) is 0 Å². The molecule has 0 radical (unpaired) electrons. The molecular formula is C10H7NOS. The molecule has 0 saturated carbocycles. The summed E-state index contributed by atoms with van der Waals surface area (Å²) in [7, 11) is 0. The quantitative estimate of drug-likeness (QED) is 0.679.